The fraction of sp³-hybridized carbons (Fsp3) is 0.583. The first-order chi connectivity index (χ1) is 8.38. The number of hydrogen-bond donors (Lipinski definition) is 1. The molecule has 1 aliphatic rings. The molecule has 1 fully saturated rings. The van der Waals surface area contributed by atoms with Gasteiger partial charge in [-0.25, -0.2) is 4.98 Å². The summed E-state index contributed by atoms with van der Waals surface area (Å²) < 4.78 is 37.7. The van der Waals surface area contributed by atoms with E-state index in [1.807, 2.05) is 11.8 Å². The van der Waals surface area contributed by atoms with Crippen molar-refractivity contribution in [3.63, 3.8) is 0 Å². The van der Waals surface area contributed by atoms with Gasteiger partial charge in [0.25, 0.3) is 0 Å². The average Bonchev–Trinajstić information content (AvgIpc) is 2.32. The molecule has 2 rings (SSSR count). The van der Waals surface area contributed by atoms with Gasteiger partial charge in [0.2, 0.25) is 0 Å². The lowest BCUT2D eigenvalue weighted by Gasteiger charge is -2.36. The number of halogens is 3. The minimum absolute atomic E-state index is 0.118. The van der Waals surface area contributed by atoms with E-state index in [0.29, 0.717) is 18.9 Å². The van der Waals surface area contributed by atoms with Crippen LogP contribution in [0, 0.1) is 5.92 Å². The zero-order valence-electron chi connectivity index (χ0n) is 10.1. The van der Waals surface area contributed by atoms with E-state index in [-0.39, 0.29) is 12.0 Å². The second-order valence-electron chi connectivity index (χ2n) is 4.75. The van der Waals surface area contributed by atoms with E-state index in [2.05, 4.69) is 4.98 Å². The van der Waals surface area contributed by atoms with Crippen LogP contribution in [0.1, 0.15) is 19.0 Å². The van der Waals surface area contributed by atoms with Gasteiger partial charge in [-0.05, 0) is 24.5 Å². The standard InChI is InChI=1S/C12H16F3N3/c1-8-7-18(6-5-9(8)16)11-4-2-3-10(17-11)12(13,14)15/h2-4,8-9H,5-7,16H2,1H3. The van der Waals surface area contributed by atoms with Gasteiger partial charge in [0.05, 0.1) is 0 Å². The highest BCUT2D eigenvalue weighted by Crippen LogP contribution is 2.29. The predicted octanol–water partition coefficient (Wildman–Crippen LogP) is 2.27. The van der Waals surface area contributed by atoms with Crippen molar-refractivity contribution < 1.29 is 13.2 Å². The third-order valence-corrected chi connectivity index (χ3v) is 3.32. The average molecular weight is 259 g/mol. The number of pyridine rings is 1. The molecule has 18 heavy (non-hydrogen) atoms. The molecule has 0 spiro atoms. The maximum Gasteiger partial charge on any atom is 0.433 e. The first-order valence-electron chi connectivity index (χ1n) is 5.92. The Morgan fingerprint density at radius 2 is 2.11 bits per heavy atom. The summed E-state index contributed by atoms with van der Waals surface area (Å²) in [7, 11) is 0. The van der Waals surface area contributed by atoms with Gasteiger partial charge in [0.15, 0.2) is 0 Å². The number of piperidine rings is 1. The number of rotatable bonds is 1. The molecule has 0 aliphatic carbocycles. The van der Waals surface area contributed by atoms with Crippen LogP contribution in [0.25, 0.3) is 0 Å². The number of hydrogen-bond acceptors (Lipinski definition) is 3. The van der Waals surface area contributed by atoms with Crippen molar-refractivity contribution in [2.45, 2.75) is 25.6 Å². The molecule has 0 bridgehead atoms. The van der Waals surface area contributed by atoms with Gasteiger partial charge in [-0.3, -0.25) is 0 Å². The van der Waals surface area contributed by atoms with Gasteiger partial charge in [-0.15, -0.1) is 0 Å². The van der Waals surface area contributed by atoms with Gasteiger partial charge >= 0.3 is 6.18 Å². The Morgan fingerprint density at radius 3 is 2.72 bits per heavy atom. The first-order valence-corrected chi connectivity index (χ1v) is 5.92. The van der Waals surface area contributed by atoms with Crippen molar-refractivity contribution >= 4 is 5.82 Å². The molecule has 6 heteroatoms. The summed E-state index contributed by atoms with van der Waals surface area (Å²) in [5.74, 6) is 0.638. The molecule has 0 saturated carbocycles. The molecule has 100 valence electrons. The zero-order chi connectivity index (χ0) is 13.3. The van der Waals surface area contributed by atoms with E-state index in [1.54, 1.807) is 6.07 Å². The van der Waals surface area contributed by atoms with Crippen molar-refractivity contribution in [3.05, 3.63) is 23.9 Å². The smallest absolute Gasteiger partial charge is 0.356 e. The fourth-order valence-corrected chi connectivity index (χ4v) is 2.13. The first kappa shape index (κ1) is 13.1. The highest BCUT2D eigenvalue weighted by atomic mass is 19.4. The van der Waals surface area contributed by atoms with Crippen molar-refractivity contribution in [2.24, 2.45) is 11.7 Å². The molecule has 0 amide bonds. The predicted molar refractivity (Wildman–Crippen MR) is 63.2 cm³/mol. The van der Waals surface area contributed by atoms with Crippen LogP contribution in [-0.2, 0) is 6.18 Å². The maximum absolute atomic E-state index is 12.6. The van der Waals surface area contributed by atoms with Gasteiger partial charge in [0.1, 0.15) is 11.5 Å². The zero-order valence-corrected chi connectivity index (χ0v) is 10.1. The van der Waals surface area contributed by atoms with Crippen molar-refractivity contribution in [2.75, 3.05) is 18.0 Å². The molecule has 2 N–H and O–H groups in total. The van der Waals surface area contributed by atoms with Crippen LogP contribution in [0.4, 0.5) is 19.0 Å². The van der Waals surface area contributed by atoms with Gasteiger partial charge in [-0.2, -0.15) is 13.2 Å². The molecular formula is C12H16F3N3. The lowest BCUT2D eigenvalue weighted by molar-refractivity contribution is -0.141. The Labute approximate surface area is 104 Å². The number of nitrogens with zero attached hydrogens (tertiary/aromatic N) is 2. The van der Waals surface area contributed by atoms with E-state index < -0.39 is 11.9 Å². The van der Waals surface area contributed by atoms with Gasteiger partial charge in [0, 0.05) is 19.1 Å². The lowest BCUT2D eigenvalue weighted by Crippen LogP contribution is -2.46. The van der Waals surface area contributed by atoms with Crippen LogP contribution in [0.2, 0.25) is 0 Å². The summed E-state index contributed by atoms with van der Waals surface area (Å²) >= 11 is 0. The third-order valence-electron chi connectivity index (χ3n) is 3.32. The van der Waals surface area contributed by atoms with E-state index in [0.717, 1.165) is 12.5 Å². The largest absolute Gasteiger partial charge is 0.433 e. The van der Waals surface area contributed by atoms with Gasteiger partial charge < -0.3 is 10.6 Å². The van der Waals surface area contributed by atoms with Crippen LogP contribution in [-0.4, -0.2) is 24.1 Å². The van der Waals surface area contributed by atoms with Crippen molar-refractivity contribution in [3.8, 4) is 0 Å². The monoisotopic (exact) mass is 259 g/mol. The molecule has 1 aliphatic heterocycles. The van der Waals surface area contributed by atoms with Crippen LogP contribution in [0.3, 0.4) is 0 Å². The number of alkyl halides is 3. The molecule has 1 aromatic heterocycles. The number of nitrogens with two attached hydrogens (primary N) is 1. The van der Waals surface area contributed by atoms with Crippen LogP contribution < -0.4 is 10.6 Å². The topological polar surface area (TPSA) is 42.2 Å². The fourth-order valence-electron chi connectivity index (χ4n) is 2.13. The highest BCUT2D eigenvalue weighted by molar-refractivity contribution is 5.40. The maximum atomic E-state index is 12.6. The summed E-state index contributed by atoms with van der Waals surface area (Å²) in [5, 5.41) is 0. The second-order valence-corrected chi connectivity index (χ2v) is 4.75. The lowest BCUT2D eigenvalue weighted by atomic mass is 9.95. The SMILES string of the molecule is CC1CN(c2cccc(C(F)(F)F)n2)CCC1N. The molecule has 1 saturated heterocycles. The van der Waals surface area contributed by atoms with Gasteiger partial charge in [-0.1, -0.05) is 13.0 Å². The molecule has 2 heterocycles. The molecule has 0 radical (unpaired) electrons. The summed E-state index contributed by atoms with van der Waals surface area (Å²) in [6.07, 6.45) is -3.62. The molecule has 2 unspecified atom stereocenters. The summed E-state index contributed by atoms with van der Waals surface area (Å²) in [5.41, 5.74) is 5.05. The molecule has 1 aromatic rings. The van der Waals surface area contributed by atoms with Crippen LogP contribution >= 0.6 is 0 Å². The van der Waals surface area contributed by atoms with E-state index >= 15 is 0 Å². The number of aromatic nitrogens is 1. The van der Waals surface area contributed by atoms with Crippen LogP contribution in [0.5, 0.6) is 0 Å². The van der Waals surface area contributed by atoms with Crippen molar-refractivity contribution in [1.29, 1.82) is 0 Å². The highest BCUT2D eigenvalue weighted by Gasteiger charge is 2.33. The van der Waals surface area contributed by atoms with Crippen LogP contribution in [0.15, 0.2) is 18.2 Å². The molecule has 3 nitrogen and oxygen atoms in total. The van der Waals surface area contributed by atoms with E-state index in [9.17, 15) is 13.2 Å². The van der Waals surface area contributed by atoms with E-state index in [4.69, 9.17) is 5.73 Å². The second kappa shape index (κ2) is 4.76. The normalized spacial score (nSPS) is 25.3. The quantitative estimate of drug-likeness (QED) is 0.841. The molecule has 2 atom stereocenters. The third kappa shape index (κ3) is 2.75. The Hall–Kier alpha value is -1.30. The summed E-state index contributed by atoms with van der Waals surface area (Å²) in [6, 6.07) is 4.11. The Balaban J connectivity index is 2.19. The Kier molecular flexibility index (Phi) is 3.47. The Morgan fingerprint density at radius 1 is 1.39 bits per heavy atom. The molecule has 0 aromatic carbocycles. The number of anilines is 1. The summed E-state index contributed by atoms with van der Waals surface area (Å²) in [4.78, 5) is 5.55. The Bertz CT molecular complexity index is 419. The minimum atomic E-state index is -4.40. The molecular weight excluding hydrogens is 243 g/mol. The van der Waals surface area contributed by atoms with Crippen molar-refractivity contribution in [1.82, 2.24) is 4.98 Å². The van der Waals surface area contributed by atoms with E-state index in [1.165, 1.54) is 6.07 Å². The summed E-state index contributed by atoms with van der Waals surface area (Å²) in [6.45, 7) is 3.31. The minimum Gasteiger partial charge on any atom is -0.356 e.